The van der Waals surface area contributed by atoms with Crippen LogP contribution in [0.4, 0.5) is 0 Å². The molecule has 0 saturated heterocycles. The normalized spacial score (nSPS) is 12.7. The van der Waals surface area contributed by atoms with E-state index in [1.807, 2.05) is 0 Å². The molecular formula is C10H15BrN2O. The lowest BCUT2D eigenvalue weighted by molar-refractivity contribution is 0.415. The molecule has 1 aromatic heterocycles. The van der Waals surface area contributed by atoms with Crippen LogP contribution < -0.4 is 5.56 Å². The second-order valence-corrected chi connectivity index (χ2v) is 4.00. The summed E-state index contributed by atoms with van der Waals surface area (Å²) >= 11 is 3.46. The van der Waals surface area contributed by atoms with Crippen molar-refractivity contribution in [3.8, 4) is 0 Å². The Bertz CT molecular complexity index is 324. The molecule has 0 aliphatic heterocycles. The third-order valence-electron chi connectivity index (χ3n) is 2.13. The number of hydrogen-bond acceptors (Lipinski definition) is 2. The van der Waals surface area contributed by atoms with E-state index in [9.17, 15) is 4.79 Å². The van der Waals surface area contributed by atoms with E-state index in [1.54, 1.807) is 18.3 Å². The average molecular weight is 259 g/mol. The van der Waals surface area contributed by atoms with Gasteiger partial charge in [0.05, 0.1) is 0 Å². The SMILES string of the molecule is CCCC(CBr)Cn1ncccc1=O. The quantitative estimate of drug-likeness (QED) is 0.758. The van der Waals surface area contributed by atoms with Gasteiger partial charge in [0.15, 0.2) is 0 Å². The van der Waals surface area contributed by atoms with Crippen LogP contribution in [0.3, 0.4) is 0 Å². The molecule has 3 nitrogen and oxygen atoms in total. The second-order valence-electron chi connectivity index (χ2n) is 3.35. The van der Waals surface area contributed by atoms with Crippen LogP contribution in [0.1, 0.15) is 19.8 Å². The van der Waals surface area contributed by atoms with E-state index in [1.165, 1.54) is 4.68 Å². The van der Waals surface area contributed by atoms with Gasteiger partial charge in [0.25, 0.3) is 5.56 Å². The van der Waals surface area contributed by atoms with Gasteiger partial charge in [0.1, 0.15) is 0 Å². The van der Waals surface area contributed by atoms with E-state index in [2.05, 4.69) is 28.0 Å². The fourth-order valence-electron chi connectivity index (χ4n) is 1.39. The Morgan fingerprint density at radius 2 is 2.43 bits per heavy atom. The third-order valence-corrected chi connectivity index (χ3v) is 3.05. The van der Waals surface area contributed by atoms with Crippen LogP contribution in [0, 0.1) is 5.92 Å². The van der Waals surface area contributed by atoms with E-state index in [0.717, 1.165) is 18.2 Å². The van der Waals surface area contributed by atoms with Crippen molar-refractivity contribution in [1.29, 1.82) is 0 Å². The summed E-state index contributed by atoms with van der Waals surface area (Å²) in [5, 5.41) is 4.95. The van der Waals surface area contributed by atoms with Gasteiger partial charge in [0.2, 0.25) is 0 Å². The van der Waals surface area contributed by atoms with Crippen molar-refractivity contribution >= 4 is 15.9 Å². The lowest BCUT2D eigenvalue weighted by Gasteiger charge is -2.12. The lowest BCUT2D eigenvalue weighted by Crippen LogP contribution is -2.25. The summed E-state index contributed by atoms with van der Waals surface area (Å²) in [5.41, 5.74) is -0.0189. The molecule has 0 spiro atoms. The number of nitrogens with zero attached hydrogens (tertiary/aromatic N) is 2. The topological polar surface area (TPSA) is 34.9 Å². The summed E-state index contributed by atoms with van der Waals surface area (Å²) in [6.07, 6.45) is 3.91. The van der Waals surface area contributed by atoms with Gasteiger partial charge in [-0.15, -0.1) is 0 Å². The minimum absolute atomic E-state index is 0.0189. The van der Waals surface area contributed by atoms with Crippen molar-refractivity contribution in [2.24, 2.45) is 5.92 Å². The molecule has 4 heteroatoms. The van der Waals surface area contributed by atoms with Gasteiger partial charge in [-0.3, -0.25) is 4.79 Å². The molecule has 0 saturated carbocycles. The van der Waals surface area contributed by atoms with Gasteiger partial charge in [0, 0.05) is 24.1 Å². The second kappa shape index (κ2) is 5.96. The van der Waals surface area contributed by atoms with Crippen molar-refractivity contribution in [3.63, 3.8) is 0 Å². The highest BCUT2D eigenvalue weighted by molar-refractivity contribution is 9.09. The van der Waals surface area contributed by atoms with Crippen LogP contribution in [0.15, 0.2) is 23.1 Å². The monoisotopic (exact) mass is 258 g/mol. The molecule has 1 rings (SSSR count). The minimum Gasteiger partial charge on any atom is -0.268 e. The van der Waals surface area contributed by atoms with Crippen LogP contribution in [0.5, 0.6) is 0 Å². The minimum atomic E-state index is -0.0189. The number of alkyl halides is 1. The summed E-state index contributed by atoms with van der Waals surface area (Å²) < 4.78 is 1.53. The molecule has 1 unspecified atom stereocenters. The van der Waals surface area contributed by atoms with E-state index < -0.39 is 0 Å². The van der Waals surface area contributed by atoms with Crippen LogP contribution in [0.2, 0.25) is 0 Å². The summed E-state index contributed by atoms with van der Waals surface area (Å²) in [6.45, 7) is 2.86. The van der Waals surface area contributed by atoms with E-state index in [-0.39, 0.29) is 5.56 Å². The Morgan fingerprint density at radius 3 is 3.00 bits per heavy atom. The van der Waals surface area contributed by atoms with Crippen LogP contribution in [-0.2, 0) is 6.54 Å². The predicted octanol–water partition coefficient (Wildman–Crippen LogP) is 2.05. The first-order chi connectivity index (χ1) is 6.77. The zero-order valence-electron chi connectivity index (χ0n) is 8.32. The molecule has 1 aromatic rings. The fourth-order valence-corrected chi connectivity index (χ4v) is 1.92. The molecule has 1 atom stereocenters. The zero-order valence-corrected chi connectivity index (χ0v) is 9.90. The molecule has 0 aliphatic rings. The zero-order chi connectivity index (χ0) is 10.4. The highest BCUT2D eigenvalue weighted by Crippen LogP contribution is 2.10. The molecular weight excluding hydrogens is 244 g/mol. The Kier molecular flexibility index (Phi) is 4.87. The lowest BCUT2D eigenvalue weighted by atomic mass is 10.1. The van der Waals surface area contributed by atoms with Gasteiger partial charge in [-0.25, -0.2) is 4.68 Å². The fraction of sp³-hybridized carbons (Fsp3) is 0.600. The standard InChI is InChI=1S/C10H15BrN2O/c1-2-4-9(7-11)8-13-10(14)5-3-6-12-13/h3,5-6,9H,2,4,7-8H2,1H3. The first-order valence-corrected chi connectivity index (χ1v) is 5.98. The number of hydrogen-bond donors (Lipinski definition) is 0. The number of aromatic nitrogens is 2. The van der Waals surface area contributed by atoms with Gasteiger partial charge >= 0.3 is 0 Å². The Morgan fingerprint density at radius 1 is 1.64 bits per heavy atom. The molecule has 1 heterocycles. The highest BCUT2D eigenvalue weighted by Gasteiger charge is 2.07. The molecule has 0 radical (unpaired) electrons. The Balaban J connectivity index is 2.67. The van der Waals surface area contributed by atoms with E-state index in [4.69, 9.17) is 0 Å². The molecule has 0 aromatic carbocycles. The van der Waals surface area contributed by atoms with Crippen molar-refractivity contribution in [2.45, 2.75) is 26.3 Å². The maximum atomic E-state index is 11.4. The summed E-state index contributed by atoms with van der Waals surface area (Å²) in [6, 6.07) is 3.21. The van der Waals surface area contributed by atoms with Crippen LogP contribution in [-0.4, -0.2) is 15.1 Å². The molecule has 0 bridgehead atoms. The highest BCUT2D eigenvalue weighted by atomic mass is 79.9. The number of rotatable bonds is 5. The average Bonchev–Trinajstić information content (AvgIpc) is 2.20. The molecule has 0 fully saturated rings. The Hall–Kier alpha value is -0.640. The van der Waals surface area contributed by atoms with Crippen LogP contribution >= 0.6 is 15.9 Å². The largest absolute Gasteiger partial charge is 0.268 e. The van der Waals surface area contributed by atoms with Crippen molar-refractivity contribution in [2.75, 3.05) is 5.33 Å². The molecule has 0 aliphatic carbocycles. The van der Waals surface area contributed by atoms with Gasteiger partial charge in [-0.2, -0.15) is 5.10 Å². The molecule has 0 N–H and O–H groups in total. The molecule has 78 valence electrons. The van der Waals surface area contributed by atoms with Gasteiger partial charge < -0.3 is 0 Å². The summed E-state index contributed by atoms with van der Waals surface area (Å²) in [4.78, 5) is 11.4. The number of halogens is 1. The third kappa shape index (κ3) is 3.25. The summed E-state index contributed by atoms with van der Waals surface area (Å²) in [5.74, 6) is 0.493. The van der Waals surface area contributed by atoms with E-state index in [0.29, 0.717) is 12.5 Å². The molecule has 14 heavy (non-hydrogen) atoms. The van der Waals surface area contributed by atoms with Crippen molar-refractivity contribution in [1.82, 2.24) is 9.78 Å². The van der Waals surface area contributed by atoms with Gasteiger partial charge in [-0.05, 0) is 18.4 Å². The summed E-state index contributed by atoms with van der Waals surface area (Å²) in [7, 11) is 0. The Labute approximate surface area is 92.3 Å². The predicted molar refractivity (Wildman–Crippen MR) is 60.7 cm³/mol. The van der Waals surface area contributed by atoms with Crippen molar-refractivity contribution in [3.05, 3.63) is 28.7 Å². The first-order valence-electron chi connectivity index (χ1n) is 4.86. The first kappa shape index (κ1) is 11.4. The van der Waals surface area contributed by atoms with E-state index >= 15 is 0 Å². The smallest absolute Gasteiger partial charge is 0.266 e. The maximum absolute atomic E-state index is 11.4. The van der Waals surface area contributed by atoms with Crippen LogP contribution in [0.25, 0.3) is 0 Å². The molecule has 0 amide bonds. The maximum Gasteiger partial charge on any atom is 0.266 e. The van der Waals surface area contributed by atoms with Crippen molar-refractivity contribution < 1.29 is 0 Å². The van der Waals surface area contributed by atoms with Gasteiger partial charge in [-0.1, -0.05) is 29.3 Å².